The van der Waals surface area contributed by atoms with Crippen LogP contribution in [0.2, 0.25) is 0 Å². The van der Waals surface area contributed by atoms with E-state index in [1.165, 1.54) is 45.2 Å². The van der Waals surface area contributed by atoms with Crippen LogP contribution in [0, 0.1) is 6.92 Å². The largest absolute Gasteiger partial charge is 0.354 e. The summed E-state index contributed by atoms with van der Waals surface area (Å²) >= 11 is 0. The van der Waals surface area contributed by atoms with Crippen molar-refractivity contribution in [2.45, 2.75) is 77.4 Å². The predicted molar refractivity (Wildman–Crippen MR) is 121 cm³/mol. The maximum atomic E-state index is 12.7. The number of hydrogen-bond acceptors (Lipinski definition) is 5. The van der Waals surface area contributed by atoms with Crippen molar-refractivity contribution in [3.8, 4) is 0 Å². The minimum absolute atomic E-state index is 0.00775. The molecule has 0 bridgehead atoms. The SMILES string of the molecule is Cc1cc2n(n1)CCC(=O)N2C(C)C(=O)NCCCN1CCC(N2CCCCC2)CC1. The zero-order valence-corrected chi connectivity index (χ0v) is 19.2. The molecule has 31 heavy (non-hydrogen) atoms. The van der Waals surface area contributed by atoms with Gasteiger partial charge in [0.1, 0.15) is 11.9 Å². The molecule has 0 aromatic carbocycles. The highest BCUT2D eigenvalue weighted by atomic mass is 16.2. The molecule has 4 heterocycles. The van der Waals surface area contributed by atoms with Gasteiger partial charge < -0.3 is 15.1 Å². The number of nitrogens with zero attached hydrogens (tertiary/aromatic N) is 5. The summed E-state index contributed by atoms with van der Waals surface area (Å²) in [6.45, 7) is 10.9. The van der Waals surface area contributed by atoms with Crippen molar-refractivity contribution in [2.24, 2.45) is 0 Å². The molecule has 3 aliphatic heterocycles. The standard InChI is InChI=1S/C23H38N6O2/c1-18-17-21-28(25-18)16-9-22(30)29(21)19(2)23(31)24-10-6-11-26-14-7-20(8-15-26)27-12-4-3-5-13-27/h17,19-20H,3-16H2,1-2H3,(H,24,31). The van der Waals surface area contributed by atoms with E-state index >= 15 is 0 Å². The molecule has 1 N–H and O–H groups in total. The van der Waals surface area contributed by atoms with E-state index in [9.17, 15) is 9.59 Å². The van der Waals surface area contributed by atoms with Gasteiger partial charge in [-0.25, -0.2) is 4.68 Å². The Kier molecular flexibility index (Phi) is 7.27. The van der Waals surface area contributed by atoms with Crippen molar-refractivity contribution in [2.75, 3.05) is 44.2 Å². The Bertz CT molecular complexity index is 764. The summed E-state index contributed by atoms with van der Waals surface area (Å²) in [5.74, 6) is 0.629. The second-order valence-corrected chi connectivity index (χ2v) is 9.37. The van der Waals surface area contributed by atoms with Gasteiger partial charge in [-0.15, -0.1) is 0 Å². The van der Waals surface area contributed by atoms with E-state index in [-0.39, 0.29) is 11.8 Å². The number of aryl methyl sites for hydroxylation is 2. The summed E-state index contributed by atoms with van der Waals surface area (Å²) in [4.78, 5) is 32.0. The summed E-state index contributed by atoms with van der Waals surface area (Å²) in [6.07, 6.45) is 8.00. The van der Waals surface area contributed by atoms with Crippen LogP contribution in [0.25, 0.3) is 0 Å². The maximum Gasteiger partial charge on any atom is 0.242 e. The van der Waals surface area contributed by atoms with Crippen molar-refractivity contribution in [1.82, 2.24) is 24.9 Å². The Hall–Kier alpha value is -1.93. The predicted octanol–water partition coefficient (Wildman–Crippen LogP) is 1.77. The van der Waals surface area contributed by atoms with E-state index in [0.29, 0.717) is 19.5 Å². The minimum atomic E-state index is -0.525. The fraction of sp³-hybridized carbons (Fsp3) is 0.783. The molecule has 172 valence electrons. The molecule has 4 rings (SSSR count). The normalized spacial score (nSPS) is 22.4. The van der Waals surface area contributed by atoms with Crippen LogP contribution >= 0.6 is 0 Å². The van der Waals surface area contributed by atoms with Crippen LogP contribution in [0.1, 0.15) is 57.6 Å². The van der Waals surface area contributed by atoms with Gasteiger partial charge in [0.05, 0.1) is 12.2 Å². The van der Waals surface area contributed by atoms with Crippen LogP contribution < -0.4 is 10.2 Å². The molecule has 3 aliphatic rings. The van der Waals surface area contributed by atoms with Crippen LogP contribution in [0.5, 0.6) is 0 Å². The highest BCUT2D eigenvalue weighted by Crippen LogP contribution is 2.25. The van der Waals surface area contributed by atoms with Crippen molar-refractivity contribution < 1.29 is 9.59 Å². The molecule has 1 aromatic heterocycles. The van der Waals surface area contributed by atoms with Gasteiger partial charge in [-0.1, -0.05) is 6.42 Å². The molecule has 0 saturated carbocycles. The zero-order chi connectivity index (χ0) is 21.8. The van der Waals surface area contributed by atoms with Gasteiger partial charge >= 0.3 is 0 Å². The smallest absolute Gasteiger partial charge is 0.242 e. The lowest BCUT2D eigenvalue weighted by Gasteiger charge is -2.40. The highest BCUT2D eigenvalue weighted by Gasteiger charge is 2.33. The number of likely N-dealkylation sites (tertiary alicyclic amines) is 2. The molecular formula is C23H38N6O2. The van der Waals surface area contributed by atoms with Crippen LogP contribution in [0.15, 0.2) is 6.07 Å². The van der Waals surface area contributed by atoms with E-state index in [2.05, 4.69) is 20.2 Å². The fourth-order valence-electron chi connectivity index (χ4n) is 5.33. The lowest BCUT2D eigenvalue weighted by Crippen LogP contribution is -2.51. The average molecular weight is 431 g/mol. The fourth-order valence-corrected chi connectivity index (χ4v) is 5.33. The number of hydrogen-bond donors (Lipinski definition) is 1. The summed E-state index contributed by atoms with van der Waals surface area (Å²) in [5.41, 5.74) is 0.867. The van der Waals surface area contributed by atoms with E-state index in [4.69, 9.17) is 0 Å². The third-order valence-corrected chi connectivity index (χ3v) is 7.12. The van der Waals surface area contributed by atoms with Crippen molar-refractivity contribution >= 4 is 17.6 Å². The molecule has 0 aliphatic carbocycles. The van der Waals surface area contributed by atoms with E-state index in [1.807, 2.05) is 17.7 Å². The molecule has 8 heteroatoms. The second kappa shape index (κ2) is 10.1. The second-order valence-electron chi connectivity index (χ2n) is 9.37. The van der Waals surface area contributed by atoms with Gasteiger partial charge in [-0.2, -0.15) is 5.10 Å². The van der Waals surface area contributed by atoms with Gasteiger partial charge in [-0.05, 0) is 78.7 Å². The number of amides is 2. The third kappa shape index (κ3) is 5.29. The van der Waals surface area contributed by atoms with Gasteiger partial charge in [0, 0.05) is 25.1 Å². The lowest BCUT2D eigenvalue weighted by molar-refractivity contribution is -0.126. The monoisotopic (exact) mass is 430 g/mol. The van der Waals surface area contributed by atoms with Crippen molar-refractivity contribution in [1.29, 1.82) is 0 Å². The Balaban J connectivity index is 1.17. The minimum Gasteiger partial charge on any atom is -0.354 e. The number of carbonyl (C=O) groups excluding carboxylic acids is 2. The molecular weight excluding hydrogens is 392 g/mol. The summed E-state index contributed by atoms with van der Waals surface area (Å²) < 4.78 is 1.83. The van der Waals surface area contributed by atoms with Gasteiger partial charge in [0.15, 0.2) is 0 Å². The van der Waals surface area contributed by atoms with Crippen molar-refractivity contribution in [3.05, 3.63) is 11.8 Å². The zero-order valence-electron chi connectivity index (χ0n) is 19.2. The summed E-state index contributed by atoms with van der Waals surface area (Å²) in [6, 6.07) is 2.13. The summed E-state index contributed by atoms with van der Waals surface area (Å²) in [5, 5.41) is 7.46. The molecule has 1 aromatic rings. The Morgan fingerprint density at radius 2 is 1.90 bits per heavy atom. The van der Waals surface area contributed by atoms with Gasteiger partial charge in [-0.3, -0.25) is 14.5 Å². The number of fused-ring (bicyclic) bond motifs is 1. The highest BCUT2D eigenvalue weighted by molar-refractivity contribution is 6.00. The van der Waals surface area contributed by atoms with Crippen LogP contribution in [0.4, 0.5) is 5.82 Å². The molecule has 0 radical (unpaired) electrons. The van der Waals surface area contributed by atoms with E-state index in [0.717, 1.165) is 43.6 Å². The molecule has 2 saturated heterocycles. The first-order valence-corrected chi connectivity index (χ1v) is 12.1. The number of carbonyl (C=O) groups is 2. The first-order chi connectivity index (χ1) is 15.0. The van der Waals surface area contributed by atoms with E-state index in [1.54, 1.807) is 11.8 Å². The molecule has 2 amide bonds. The quantitative estimate of drug-likeness (QED) is 0.668. The number of nitrogens with one attached hydrogen (secondary N) is 1. The first-order valence-electron chi connectivity index (χ1n) is 12.1. The summed E-state index contributed by atoms with van der Waals surface area (Å²) in [7, 11) is 0. The Morgan fingerprint density at radius 3 is 2.65 bits per heavy atom. The van der Waals surface area contributed by atoms with Gasteiger partial charge in [0.2, 0.25) is 11.8 Å². The van der Waals surface area contributed by atoms with Crippen LogP contribution in [-0.4, -0.2) is 82.7 Å². The molecule has 1 atom stereocenters. The first kappa shape index (κ1) is 22.3. The molecule has 1 unspecified atom stereocenters. The number of piperidine rings is 2. The number of anilines is 1. The van der Waals surface area contributed by atoms with E-state index < -0.39 is 6.04 Å². The molecule has 2 fully saturated rings. The van der Waals surface area contributed by atoms with Gasteiger partial charge in [0.25, 0.3) is 0 Å². The Morgan fingerprint density at radius 1 is 1.16 bits per heavy atom. The molecule has 8 nitrogen and oxygen atoms in total. The van der Waals surface area contributed by atoms with Crippen LogP contribution in [-0.2, 0) is 16.1 Å². The lowest BCUT2D eigenvalue weighted by atomic mass is 10.00. The molecule has 0 spiro atoms. The number of rotatable bonds is 7. The average Bonchev–Trinajstić information content (AvgIpc) is 3.17. The van der Waals surface area contributed by atoms with Crippen LogP contribution in [0.3, 0.4) is 0 Å². The topological polar surface area (TPSA) is 73.7 Å². The number of aromatic nitrogens is 2. The third-order valence-electron chi connectivity index (χ3n) is 7.12. The Labute approximate surface area is 185 Å². The van der Waals surface area contributed by atoms with Crippen molar-refractivity contribution in [3.63, 3.8) is 0 Å². The maximum absolute atomic E-state index is 12.7.